The minimum atomic E-state index is -0.333. The van der Waals surface area contributed by atoms with E-state index in [1.807, 2.05) is 0 Å². The molecule has 0 aromatic carbocycles. The molecule has 0 fully saturated rings. The predicted octanol–water partition coefficient (Wildman–Crippen LogP) is -6.55. The number of halogens is 1. The molecule has 25 heavy (non-hydrogen) atoms. The summed E-state index contributed by atoms with van der Waals surface area (Å²) in [5.41, 5.74) is 53.7. The van der Waals surface area contributed by atoms with Crippen molar-refractivity contribution in [3.8, 4) is 0 Å². The van der Waals surface area contributed by atoms with E-state index < -0.39 is 0 Å². The summed E-state index contributed by atoms with van der Waals surface area (Å²) in [6.45, 7) is 0. The van der Waals surface area contributed by atoms with Crippen LogP contribution in [0.1, 0.15) is 0 Å². The third kappa shape index (κ3) is 382. The normalized spacial score (nSPS) is 5.76. The molecule has 0 aromatic heterocycles. The fourth-order valence-corrected chi connectivity index (χ4v) is 0. The van der Waals surface area contributed by atoms with Gasteiger partial charge in [0.25, 0.3) is 0 Å². The third-order valence-electron chi connectivity index (χ3n) is 0. The topological polar surface area (TPSA) is 455 Å². The van der Waals surface area contributed by atoms with E-state index in [1.165, 1.54) is 0 Å². The molecular weight excluding hydrogens is 360 g/mol. The molecule has 0 aliphatic carbocycles. The number of guanidine groups is 6. The number of hydrogen-bond donors (Lipinski definition) is 18. The van der Waals surface area contributed by atoms with Crippen molar-refractivity contribution in [2.75, 3.05) is 0 Å². The lowest BCUT2D eigenvalue weighted by Gasteiger charge is -1.69. The molecule has 19 heteroatoms. The summed E-state index contributed by atoms with van der Waals surface area (Å²) in [6.07, 6.45) is 0. The zero-order valence-corrected chi connectivity index (χ0v) is 14.2. The van der Waals surface area contributed by atoms with Crippen LogP contribution in [0.2, 0.25) is 0 Å². The molecule has 152 valence electrons. The van der Waals surface area contributed by atoms with Crippen LogP contribution in [0.3, 0.4) is 0 Å². The van der Waals surface area contributed by atoms with Crippen LogP contribution in [0.15, 0.2) is 0 Å². The van der Waals surface area contributed by atoms with Gasteiger partial charge in [-0.25, -0.2) is 0 Å². The second kappa shape index (κ2) is 36.8. The van der Waals surface area contributed by atoms with Crippen molar-refractivity contribution in [3.63, 3.8) is 0 Å². The van der Waals surface area contributed by atoms with Gasteiger partial charge in [-0.3, -0.25) is 32.5 Å². The minimum absolute atomic E-state index is 0. The summed E-state index contributed by atoms with van der Waals surface area (Å²) in [7, 11) is 0. The molecule has 0 unspecified atom stereocenters. The van der Waals surface area contributed by atoms with Crippen molar-refractivity contribution in [2.24, 2.45) is 68.8 Å². The van der Waals surface area contributed by atoms with Gasteiger partial charge in [-0.2, -0.15) is 0 Å². The van der Waals surface area contributed by atoms with Gasteiger partial charge in [0.1, 0.15) is 0 Å². The molecule has 0 aliphatic rings. The Labute approximate surface area is 150 Å². The van der Waals surface area contributed by atoms with Crippen LogP contribution in [0, 0.1) is 32.5 Å². The maximum absolute atomic E-state index is 6.06. The summed E-state index contributed by atoms with van der Waals surface area (Å²) in [6, 6.07) is 0. The lowest BCUT2D eigenvalue weighted by Crippen LogP contribution is -2.20. The van der Waals surface area contributed by atoms with Crippen molar-refractivity contribution < 1.29 is 0 Å². The van der Waals surface area contributed by atoms with E-state index in [-0.39, 0.29) is 48.2 Å². The van der Waals surface area contributed by atoms with E-state index in [9.17, 15) is 0 Å². The van der Waals surface area contributed by atoms with Crippen LogP contribution in [-0.2, 0) is 0 Å². The Kier molecular flexibility index (Phi) is 63.1. The molecule has 0 saturated heterocycles. The summed E-state index contributed by atoms with van der Waals surface area (Å²) in [5, 5.41) is 36.3. The Balaban J connectivity index is -0.0000000309. The molecule has 0 bridgehead atoms. The van der Waals surface area contributed by atoms with E-state index >= 15 is 0 Å². The summed E-state index contributed by atoms with van der Waals surface area (Å²) in [4.78, 5) is 0. The molecule has 0 rings (SSSR count). The number of rotatable bonds is 0. The SMILES string of the molecule is Cl.N=C(N)N.N=C(N)N.N=C(N)N.N=C(N)N.N=C(N)N.N=C(N)N. The van der Waals surface area contributed by atoms with Crippen molar-refractivity contribution in [1.82, 2.24) is 0 Å². The molecule has 0 radical (unpaired) electrons. The summed E-state index contributed by atoms with van der Waals surface area (Å²) in [5.74, 6) is -2.00. The van der Waals surface area contributed by atoms with Gasteiger partial charge < -0.3 is 68.8 Å². The molecule has 0 amide bonds. The molecule has 0 atom stereocenters. The maximum atomic E-state index is 6.06. The molecule has 30 N–H and O–H groups in total. The van der Waals surface area contributed by atoms with E-state index in [4.69, 9.17) is 32.5 Å². The lowest BCUT2D eigenvalue weighted by molar-refractivity contribution is 1.38. The van der Waals surface area contributed by atoms with Gasteiger partial charge in [-0.1, -0.05) is 0 Å². The third-order valence-corrected chi connectivity index (χ3v) is 0. The average molecular weight is 391 g/mol. The molecule has 0 heterocycles. The summed E-state index contributed by atoms with van der Waals surface area (Å²) >= 11 is 0. The van der Waals surface area contributed by atoms with Gasteiger partial charge in [0.05, 0.1) is 0 Å². The number of nitrogens with one attached hydrogen (secondary N) is 6. The van der Waals surface area contributed by atoms with Gasteiger partial charge in [0.2, 0.25) is 0 Å². The largest absolute Gasteiger partial charge is 0.370 e. The monoisotopic (exact) mass is 390 g/mol. The zero-order chi connectivity index (χ0) is 21.5. The van der Waals surface area contributed by atoms with Crippen molar-refractivity contribution >= 4 is 48.2 Å². The van der Waals surface area contributed by atoms with Gasteiger partial charge in [0, 0.05) is 0 Å². The quantitative estimate of drug-likeness (QED) is 0.135. The average Bonchev–Trinajstić information content (AvgIpc) is 2.08. The van der Waals surface area contributed by atoms with Crippen LogP contribution < -0.4 is 68.8 Å². The van der Waals surface area contributed by atoms with Crippen molar-refractivity contribution in [1.29, 1.82) is 32.5 Å². The molecule has 0 aromatic rings. The standard InChI is InChI=1S/6CH5N3.ClH/c6*2-1(3)4;/h6*(H5,2,3,4);1H. The smallest absolute Gasteiger partial charge is 0.183 e. The van der Waals surface area contributed by atoms with Crippen LogP contribution in [0.5, 0.6) is 0 Å². The first kappa shape index (κ1) is 42.8. The second-order valence-corrected chi connectivity index (χ2v) is 2.73. The minimum Gasteiger partial charge on any atom is -0.370 e. The Bertz CT molecular complexity index is 257. The Hall–Kier alpha value is -4.09. The molecule has 0 spiro atoms. The second-order valence-electron chi connectivity index (χ2n) is 2.73. The van der Waals surface area contributed by atoms with E-state index in [1.54, 1.807) is 0 Å². The van der Waals surface area contributed by atoms with E-state index in [0.717, 1.165) is 0 Å². The van der Waals surface area contributed by atoms with E-state index in [2.05, 4.69) is 68.8 Å². The highest BCUT2D eigenvalue weighted by Gasteiger charge is 1.54. The number of nitrogens with two attached hydrogens (primary N) is 12. The van der Waals surface area contributed by atoms with Crippen LogP contribution in [-0.4, -0.2) is 35.8 Å². The van der Waals surface area contributed by atoms with Crippen LogP contribution >= 0.6 is 12.4 Å². The van der Waals surface area contributed by atoms with E-state index in [0.29, 0.717) is 0 Å². The zero-order valence-electron chi connectivity index (χ0n) is 13.3. The highest BCUT2D eigenvalue weighted by molar-refractivity contribution is 5.85. The van der Waals surface area contributed by atoms with Gasteiger partial charge >= 0.3 is 0 Å². The maximum Gasteiger partial charge on any atom is 0.183 e. The fraction of sp³-hybridized carbons (Fsp3) is 0. The lowest BCUT2D eigenvalue weighted by atomic mass is 11.1. The highest BCUT2D eigenvalue weighted by Crippen LogP contribution is 1.15. The predicted molar refractivity (Wildman–Crippen MR) is 104 cm³/mol. The highest BCUT2D eigenvalue weighted by atomic mass is 35.5. The van der Waals surface area contributed by atoms with Gasteiger partial charge in [-0.05, 0) is 0 Å². The number of hydrogen-bond acceptors (Lipinski definition) is 6. The van der Waals surface area contributed by atoms with Gasteiger partial charge in [0.15, 0.2) is 35.8 Å². The van der Waals surface area contributed by atoms with Crippen molar-refractivity contribution in [3.05, 3.63) is 0 Å². The fourth-order valence-electron chi connectivity index (χ4n) is 0. The van der Waals surface area contributed by atoms with Crippen LogP contribution in [0.4, 0.5) is 0 Å². The molecule has 0 saturated carbocycles. The summed E-state index contributed by atoms with van der Waals surface area (Å²) < 4.78 is 0. The molecule has 0 aliphatic heterocycles. The molecular formula is C6H31ClN18. The first-order chi connectivity index (χ1) is 10.4. The van der Waals surface area contributed by atoms with Gasteiger partial charge in [-0.15, -0.1) is 12.4 Å². The van der Waals surface area contributed by atoms with Crippen molar-refractivity contribution in [2.45, 2.75) is 0 Å². The Morgan fingerprint density at radius 1 is 0.280 bits per heavy atom. The Morgan fingerprint density at radius 3 is 0.280 bits per heavy atom. The Morgan fingerprint density at radius 2 is 0.280 bits per heavy atom. The first-order valence-corrected chi connectivity index (χ1v) is 4.96. The molecule has 18 nitrogen and oxygen atoms in total. The first-order valence-electron chi connectivity index (χ1n) is 4.96. The van der Waals surface area contributed by atoms with Crippen LogP contribution in [0.25, 0.3) is 0 Å².